The van der Waals surface area contributed by atoms with Crippen LogP contribution in [0.5, 0.6) is 0 Å². The van der Waals surface area contributed by atoms with Gasteiger partial charge in [-0.3, -0.25) is 9.59 Å². The molecule has 0 fully saturated rings. The minimum atomic E-state index is -0.796. The number of aliphatic hydroxyl groups is 2. The zero-order valence-electron chi connectivity index (χ0n) is 40.3. The van der Waals surface area contributed by atoms with E-state index in [1.807, 2.05) is 0 Å². The molecule has 3 N–H and O–H groups in total. The van der Waals surface area contributed by atoms with Crippen molar-refractivity contribution < 1.29 is 24.5 Å². The van der Waals surface area contributed by atoms with Gasteiger partial charge in [0.1, 0.15) is 6.10 Å². The SMILES string of the molecule is CC/C=C/C/C=C/CCCCCCCC(CC(=O)NC(CO)C(O)CCCCCCCCCCCCCC)OC(=O)CCCCCCC/C=C/C=C/C=C/CCCCCCC. The molecule has 3 atom stereocenters. The monoisotopic (exact) mass is 854 g/mol. The molecule has 0 saturated carbocycles. The quantitative estimate of drug-likeness (QED) is 0.0245. The molecule has 1 amide bonds. The first-order valence-electron chi connectivity index (χ1n) is 26.0. The second kappa shape index (κ2) is 48.6. The third kappa shape index (κ3) is 44.0. The van der Waals surface area contributed by atoms with Crippen molar-refractivity contribution in [2.24, 2.45) is 0 Å². The molecule has 0 heterocycles. The number of rotatable bonds is 46. The third-order valence-corrected chi connectivity index (χ3v) is 11.6. The normalized spacial score (nSPS) is 13.7. The lowest BCUT2D eigenvalue weighted by Gasteiger charge is -2.24. The molecule has 0 aliphatic rings. The fourth-order valence-electron chi connectivity index (χ4n) is 7.70. The molecule has 0 saturated heterocycles. The highest BCUT2D eigenvalue weighted by atomic mass is 16.5. The smallest absolute Gasteiger partial charge is 0.306 e. The summed E-state index contributed by atoms with van der Waals surface area (Å²) in [5, 5.41) is 23.7. The maximum Gasteiger partial charge on any atom is 0.306 e. The Labute approximate surface area is 378 Å². The van der Waals surface area contributed by atoms with Gasteiger partial charge >= 0.3 is 5.97 Å². The highest BCUT2D eigenvalue weighted by molar-refractivity contribution is 5.77. The summed E-state index contributed by atoms with van der Waals surface area (Å²) < 4.78 is 5.92. The Hall–Kier alpha value is -2.44. The van der Waals surface area contributed by atoms with Crippen molar-refractivity contribution in [1.82, 2.24) is 5.32 Å². The largest absolute Gasteiger partial charge is 0.462 e. The van der Waals surface area contributed by atoms with Crippen LogP contribution in [0.3, 0.4) is 0 Å². The van der Waals surface area contributed by atoms with Crippen LogP contribution in [0, 0.1) is 0 Å². The number of allylic oxidation sites excluding steroid dienone is 10. The number of nitrogens with one attached hydrogen (secondary N) is 1. The van der Waals surface area contributed by atoms with Crippen LogP contribution in [-0.4, -0.2) is 46.9 Å². The molecule has 0 aliphatic carbocycles. The van der Waals surface area contributed by atoms with E-state index in [0.29, 0.717) is 19.3 Å². The molecule has 0 spiro atoms. The Bertz CT molecular complexity index is 1090. The molecule has 3 unspecified atom stereocenters. The van der Waals surface area contributed by atoms with Gasteiger partial charge in [0.2, 0.25) is 5.91 Å². The Kier molecular flexibility index (Phi) is 46.6. The number of carbonyl (C=O) groups excluding carboxylic acids is 2. The van der Waals surface area contributed by atoms with Gasteiger partial charge in [-0.05, 0) is 77.0 Å². The standard InChI is InChI=1S/C55H99NO5/c1-4-7-10-13-16-19-22-25-26-27-28-29-30-33-36-39-42-45-48-55(60)61-51(46-43-40-37-34-31-23-20-17-14-11-8-5-2)49-54(59)56-52(50-57)53(58)47-44-41-38-35-32-24-21-18-15-12-9-6-3/h8,11,17,20,22,25-29,51-53,57-58H,4-7,9-10,12-16,18-19,21,23-24,30-50H2,1-3H3,(H,56,59)/b11-8+,20-17+,25-22+,27-26+,29-28+. The molecule has 6 heteroatoms. The molecule has 0 aromatic carbocycles. The Morgan fingerprint density at radius 2 is 0.951 bits per heavy atom. The third-order valence-electron chi connectivity index (χ3n) is 11.6. The number of hydrogen-bond acceptors (Lipinski definition) is 5. The van der Waals surface area contributed by atoms with Crippen LogP contribution in [-0.2, 0) is 14.3 Å². The highest BCUT2D eigenvalue weighted by Crippen LogP contribution is 2.17. The summed E-state index contributed by atoms with van der Waals surface area (Å²) in [6.45, 7) is 6.35. The van der Waals surface area contributed by atoms with Crippen LogP contribution in [0.4, 0.5) is 0 Å². The molecular weight excluding hydrogens is 755 g/mol. The van der Waals surface area contributed by atoms with Crippen LogP contribution in [0.15, 0.2) is 60.8 Å². The summed E-state index contributed by atoms with van der Waals surface area (Å²) in [7, 11) is 0. The minimum Gasteiger partial charge on any atom is -0.462 e. The summed E-state index contributed by atoms with van der Waals surface area (Å²) in [5.74, 6) is -0.510. The van der Waals surface area contributed by atoms with Crippen molar-refractivity contribution in [3.8, 4) is 0 Å². The van der Waals surface area contributed by atoms with Gasteiger partial charge in [0.15, 0.2) is 0 Å². The van der Waals surface area contributed by atoms with Gasteiger partial charge < -0.3 is 20.3 Å². The highest BCUT2D eigenvalue weighted by Gasteiger charge is 2.24. The average Bonchev–Trinajstić information content (AvgIpc) is 3.25. The van der Waals surface area contributed by atoms with E-state index in [1.54, 1.807) is 0 Å². The summed E-state index contributed by atoms with van der Waals surface area (Å²) in [6, 6.07) is -0.711. The zero-order valence-corrected chi connectivity index (χ0v) is 40.3. The molecule has 0 bridgehead atoms. The molecule has 0 rings (SSSR count). The number of amides is 1. The van der Waals surface area contributed by atoms with Crippen LogP contribution >= 0.6 is 0 Å². The van der Waals surface area contributed by atoms with Crippen molar-refractivity contribution in [3.05, 3.63) is 60.8 Å². The van der Waals surface area contributed by atoms with E-state index < -0.39 is 18.2 Å². The van der Waals surface area contributed by atoms with E-state index in [4.69, 9.17) is 4.74 Å². The molecule has 0 aromatic rings. The van der Waals surface area contributed by atoms with E-state index in [9.17, 15) is 19.8 Å². The topological polar surface area (TPSA) is 95.9 Å². The van der Waals surface area contributed by atoms with Crippen LogP contribution in [0.25, 0.3) is 0 Å². The van der Waals surface area contributed by atoms with Crippen molar-refractivity contribution in [1.29, 1.82) is 0 Å². The maximum absolute atomic E-state index is 13.2. The van der Waals surface area contributed by atoms with Gasteiger partial charge in [0, 0.05) is 6.42 Å². The van der Waals surface area contributed by atoms with Crippen molar-refractivity contribution in [3.63, 3.8) is 0 Å². The second-order valence-electron chi connectivity index (χ2n) is 17.6. The number of carbonyl (C=O) groups is 2. The summed E-state index contributed by atoms with van der Waals surface area (Å²) in [4.78, 5) is 26.1. The Balaban J connectivity index is 4.60. The molecular formula is C55H99NO5. The fourth-order valence-corrected chi connectivity index (χ4v) is 7.70. The number of aliphatic hydroxyl groups excluding tert-OH is 2. The van der Waals surface area contributed by atoms with Crippen LogP contribution in [0.1, 0.15) is 252 Å². The van der Waals surface area contributed by atoms with Gasteiger partial charge in [-0.2, -0.15) is 0 Å². The van der Waals surface area contributed by atoms with Gasteiger partial charge in [-0.15, -0.1) is 0 Å². The molecule has 0 aromatic heterocycles. The van der Waals surface area contributed by atoms with Crippen molar-refractivity contribution in [2.45, 2.75) is 270 Å². The molecule has 0 radical (unpaired) electrons. The first kappa shape index (κ1) is 58.6. The van der Waals surface area contributed by atoms with Gasteiger partial charge in [-0.25, -0.2) is 0 Å². The van der Waals surface area contributed by atoms with E-state index in [1.165, 1.54) is 109 Å². The van der Waals surface area contributed by atoms with E-state index in [-0.39, 0.29) is 24.9 Å². The molecule has 61 heavy (non-hydrogen) atoms. The number of esters is 1. The van der Waals surface area contributed by atoms with Crippen molar-refractivity contribution in [2.75, 3.05) is 6.61 Å². The van der Waals surface area contributed by atoms with Gasteiger partial charge in [0.25, 0.3) is 0 Å². The molecule has 0 aliphatic heterocycles. The fraction of sp³-hybridized carbons (Fsp3) is 0.782. The first-order valence-corrected chi connectivity index (χ1v) is 26.0. The Morgan fingerprint density at radius 1 is 0.508 bits per heavy atom. The van der Waals surface area contributed by atoms with E-state index >= 15 is 0 Å². The number of unbranched alkanes of at least 4 members (excludes halogenated alkanes) is 26. The lowest BCUT2D eigenvalue weighted by atomic mass is 10.0. The predicted octanol–water partition coefficient (Wildman–Crippen LogP) is 15.6. The second-order valence-corrected chi connectivity index (χ2v) is 17.6. The van der Waals surface area contributed by atoms with E-state index in [0.717, 1.165) is 96.3 Å². The zero-order chi connectivity index (χ0) is 44.5. The average molecular weight is 854 g/mol. The number of hydrogen-bond donors (Lipinski definition) is 3. The summed E-state index contributed by atoms with van der Waals surface area (Å²) in [6.07, 6.45) is 59.9. The lowest BCUT2D eigenvalue weighted by Crippen LogP contribution is -2.46. The summed E-state index contributed by atoms with van der Waals surface area (Å²) in [5.41, 5.74) is 0. The predicted molar refractivity (Wildman–Crippen MR) is 264 cm³/mol. The van der Waals surface area contributed by atoms with Crippen LogP contribution in [0.2, 0.25) is 0 Å². The Morgan fingerprint density at radius 3 is 1.46 bits per heavy atom. The maximum atomic E-state index is 13.2. The summed E-state index contributed by atoms with van der Waals surface area (Å²) >= 11 is 0. The van der Waals surface area contributed by atoms with Gasteiger partial charge in [0.05, 0.1) is 25.2 Å². The first-order chi connectivity index (χ1) is 30.0. The lowest BCUT2D eigenvalue weighted by molar-refractivity contribution is -0.151. The van der Waals surface area contributed by atoms with E-state index in [2.05, 4.69) is 86.8 Å². The molecule has 354 valence electrons. The minimum absolute atomic E-state index is 0.0585. The van der Waals surface area contributed by atoms with Crippen LogP contribution < -0.4 is 5.32 Å². The molecule has 6 nitrogen and oxygen atoms in total. The van der Waals surface area contributed by atoms with Gasteiger partial charge in [-0.1, -0.05) is 223 Å². The van der Waals surface area contributed by atoms with Crippen molar-refractivity contribution >= 4 is 11.9 Å². The number of ether oxygens (including phenoxy) is 1.